The van der Waals surface area contributed by atoms with Gasteiger partial charge in [-0.25, -0.2) is 4.98 Å². The summed E-state index contributed by atoms with van der Waals surface area (Å²) >= 11 is 0. The Morgan fingerprint density at radius 1 is 1.21 bits per heavy atom. The predicted molar refractivity (Wildman–Crippen MR) is 71.5 cm³/mol. The Labute approximate surface area is 111 Å². The van der Waals surface area contributed by atoms with E-state index in [1.165, 1.54) is 0 Å². The average molecular weight is 263 g/mol. The van der Waals surface area contributed by atoms with Crippen molar-refractivity contribution >= 4 is 11.9 Å². The summed E-state index contributed by atoms with van der Waals surface area (Å²) in [4.78, 5) is 16.9. The number of rotatable bonds is 7. The van der Waals surface area contributed by atoms with E-state index in [9.17, 15) is 0 Å². The van der Waals surface area contributed by atoms with Gasteiger partial charge in [0, 0.05) is 32.6 Å². The summed E-state index contributed by atoms with van der Waals surface area (Å²) in [7, 11) is 1.65. The highest BCUT2D eigenvalue weighted by Crippen LogP contribution is 2.08. The summed E-state index contributed by atoms with van der Waals surface area (Å²) < 4.78 is 6.71. The maximum Gasteiger partial charge on any atom is 0.241 e. The van der Waals surface area contributed by atoms with Gasteiger partial charge in [-0.15, -0.1) is 0 Å². The van der Waals surface area contributed by atoms with E-state index in [4.69, 9.17) is 4.74 Å². The molecule has 2 aromatic heterocycles. The Morgan fingerprint density at radius 3 is 2.63 bits per heavy atom. The van der Waals surface area contributed by atoms with Gasteiger partial charge in [0.15, 0.2) is 0 Å². The standard InChI is InChI=1S/C11H17N7O/c1-3-13-9-15-10(14-5-7-19-2)17-11(16-9)18-6-4-12-8-18/h4,6,8H,3,5,7H2,1-2H3,(H2,13,14,15,16,17). The molecule has 2 aromatic rings. The minimum Gasteiger partial charge on any atom is -0.383 e. The molecule has 0 spiro atoms. The predicted octanol–water partition coefficient (Wildman–Crippen LogP) is 0.547. The fourth-order valence-electron chi connectivity index (χ4n) is 1.44. The van der Waals surface area contributed by atoms with Crippen LogP contribution in [0.25, 0.3) is 5.95 Å². The van der Waals surface area contributed by atoms with Crippen molar-refractivity contribution in [3.63, 3.8) is 0 Å². The number of nitrogens with zero attached hydrogens (tertiary/aromatic N) is 5. The number of aromatic nitrogens is 5. The lowest BCUT2D eigenvalue weighted by Crippen LogP contribution is -2.14. The average Bonchev–Trinajstić information content (AvgIpc) is 2.93. The van der Waals surface area contributed by atoms with Crippen LogP contribution in [0, 0.1) is 0 Å². The van der Waals surface area contributed by atoms with Crippen molar-refractivity contribution in [1.29, 1.82) is 0 Å². The molecule has 0 unspecified atom stereocenters. The molecule has 0 fully saturated rings. The molecule has 0 bridgehead atoms. The molecule has 19 heavy (non-hydrogen) atoms. The third kappa shape index (κ3) is 3.62. The molecule has 8 heteroatoms. The normalized spacial score (nSPS) is 10.4. The molecule has 102 valence electrons. The summed E-state index contributed by atoms with van der Waals surface area (Å²) in [5.41, 5.74) is 0. The second-order valence-corrected chi connectivity index (χ2v) is 3.70. The van der Waals surface area contributed by atoms with E-state index in [1.807, 2.05) is 6.92 Å². The molecule has 0 saturated heterocycles. The lowest BCUT2D eigenvalue weighted by atomic mass is 10.6. The fraction of sp³-hybridized carbons (Fsp3) is 0.455. The van der Waals surface area contributed by atoms with Crippen molar-refractivity contribution in [2.24, 2.45) is 0 Å². The molecule has 0 amide bonds. The molecule has 0 aliphatic rings. The van der Waals surface area contributed by atoms with Crippen LogP contribution >= 0.6 is 0 Å². The number of methoxy groups -OCH3 is 1. The van der Waals surface area contributed by atoms with E-state index in [-0.39, 0.29) is 0 Å². The first-order valence-corrected chi connectivity index (χ1v) is 6.04. The topological polar surface area (TPSA) is 89.8 Å². The zero-order valence-corrected chi connectivity index (χ0v) is 11.0. The molecule has 0 atom stereocenters. The van der Waals surface area contributed by atoms with Crippen LogP contribution in [0.1, 0.15) is 6.92 Å². The fourth-order valence-corrected chi connectivity index (χ4v) is 1.44. The van der Waals surface area contributed by atoms with Crippen molar-refractivity contribution in [1.82, 2.24) is 24.5 Å². The van der Waals surface area contributed by atoms with Gasteiger partial charge in [0.05, 0.1) is 6.61 Å². The number of imidazole rings is 1. The highest BCUT2D eigenvalue weighted by molar-refractivity contribution is 5.37. The van der Waals surface area contributed by atoms with Crippen LogP contribution in [0.4, 0.5) is 11.9 Å². The van der Waals surface area contributed by atoms with Gasteiger partial charge in [0.25, 0.3) is 0 Å². The van der Waals surface area contributed by atoms with Crippen LogP contribution in [-0.2, 0) is 4.74 Å². The summed E-state index contributed by atoms with van der Waals surface area (Å²) in [5.74, 6) is 1.55. The molecule has 0 aromatic carbocycles. The first-order valence-electron chi connectivity index (χ1n) is 6.04. The van der Waals surface area contributed by atoms with Gasteiger partial charge in [-0.1, -0.05) is 0 Å². The van der Waals surface area contributed by atoms with E-state index in [0.717, 1.165) is 6.54 Å². The zero-order valence-electron chi connectivity index (χ0n) is 11.0. The summed E-state index contributed by atoms with van der Waals surface area (Å²) in [6, 6.07) is 0. The van der Waals surface area contributed by atoms with Gasteiger partial charge in [0.1, 0.15) is 6.33 Å². The van der Waals surface area contributed by atoms with E-state index >= 15 is 0 Å². The summed E-state index contributed by atoms with van der Waals surface area (Å²) in [5, 5.41) is 6.16. The molecule has 0 aliphatic heterocycles. The molecule has 2 heterocycles. The van der Waals surface area contributed by atoms with Gasteiger partial charge in [-0.2, -0.15) is 15.0 Å². The maximum atomic E-state index is 4.98. The van der Waals surface area contributed by atoms with Crippen LogP contribution < -0.4 is 10.6 Å². The Hall–Kier alpha value is -2.22. The van der Waals surface area contributed by atoms with E-state index in [1.54, 1.807) is 30.4 Å². The first kappa shape index (κ1) is 13.2. The van der Waals surface area contributed by atoms with Crippen LogP contribution in [-0.4, -0.2) is 51.3 Å². The van der Waals surface area contributed by atoms with Crippen LogP contribution in [0.5, 0.6) is 0 Å². The third-order valence-electron chi connectivity index (χ3n) is 2.28. The first-order chi connectivity index (χ1) is 9.33. The molecule has 0 saturated carbocycles. The molecular formula is C11H17N7O. The number of ether oxygens (including phenoxy) is 1. The zero-order chi connectivity index (χ0) is 13.5. The lowest BCUT2D eigenvalue weighted by molar-refractivity contribution is 0.210. The van der Waals surface area contributed by atoms with Gasteiger partial charge in [0.2, 0.25) is 17.8 Å². The van der Waals surface area contributed by atoms with Gasteiger partial charge < -0.3 is 15.4 Å². The Kier molecular flexibility index (Phi) is 4.62. The minimum absolute atomic E-state index is 0.506. The van der Waals surface area contributed by atoms with E-state index in [0.29, 0.717) is 31.0 Å². The van der Waals surface area contributed by atoms with Crippen LogP contribution in [0.15, 0.2) is 18.7 Å². The van der Waals surface area contributed by atoms with Crippen molar-refractivity contribution in [2.75, 3.05) is 37.4 Å². The molecule has 0 aliphatic carbocycles. The number of hydrogen-bond acceptors (Lipinski definition) is 7. The monoisotopic (exact) mass is 263 g/mol. The quantitative estimate of drug-likeness (QED) is 0.705. The summed E-state index contributed by atoms with van der Waals surface area (Å²) in [6.45, 7) is 3.95. The SMILES string of the molecule is CCNc1nc(NCCOC)nc(-n2ccnc2)n1. The van der Waals surface area contributed by atoms with Crippen molar-refractivity contribution in [3.8, 4) is 5.95 Å². The van der Waals surface area contributed by atoms with Crippen LogP contribution in [0.3, 0.4) is 0 Å². The van der Waals surface area contributed by atoms with Gasteiger partial charge >= 0.3 is 0 Å². The van der Waals surface area contributed by atoms with E-state index in [2.05, 4.69) is 30.6 Å². The Balaban J connectivity index is 2.22. The maximum absolute atomic E-state index is 4.98. The van der Waals surface area contributed by atoms with Crippen molar-refractivity contribution in [3.05, 3.63) is 18.7 Å². The number of anilines is 2. The molecule has 0 radical (unpaired) electrons. The molecule has 2 rings (SSSR count). The molecule has 2 N–H and O–H groups in total. The minimum atomic E-state index is 0.506. The van der Waals surface area contributed by atoms with E-state index < -0.39 is 0 Å². The summed E-state index contributed by atoms with van der Waals surface area (Å²) in [6.07, 6.45) is 5.10. The van der Waals surface area contributed by atoms with Crippen molar-refractivity contribution in [2.45, 2.75) is 6.92 Å². The molecular weight excluding hydrogens is 246 g/mol. The number of hydrogen-bond donors (Lipinski definition) is 2. The lowest BCUT2D eigenvalue weighted by Gasteiger charge is -2.09. The van der Waals surface area contributed by atoms with Crippen LogP contribution in [0.2, 0.25) is 0 Å². The highest BCUT2D eigenvalue weighted by atomic mass is 16.5. The number of nitrogens with one attached hydrogen (secondary N) is 2. The molecule has 8 nitrogen and oxygen atoms in total. The largest absolute Gasteiger partial charge is 0.383 e. The highest BCUT2D eigenvalue weighted by Gasteiger charge is 2.07. The Morgan fingerprint density at radius 2 is 2.00 bits per heavy atom. The second-order valence-electron chi connectivity index (χ2n) is 3.70. The smallest absolute Gasteiger partial charge is 0.241 e. The van der Waals surface area contributed by atoms with Gasteiger partial charge in [-0.3, -0.25) is 4.57 Å². The van der Waals surface area contributed by atoms with Crippen molar-refractivity contribution < 1.29 is 4.74 Å². The third-order valence-corrected chi connectivity index (χ3v) is 2.28. The Bertz CT molecular complexity index is 500. The van der Waals surface area contributed by atoms with Gasteiger partial charge in [-0.05, 0) is 6.92 Å². The second kappa shape index (κ2) is 6.64.